The minimum absolute atomic E-state index is 0. The molecule has 2 fully saturated rings. The number of benzene rings is 1. The van der Waals surface area contributed by atoms with Crippen LogP contribution in [0.2, 0.25) is 10.0 Å². The molecule has 0 spiro atoms. The zero-order chi connectivity index (χ0) is 19.5. The number of carbonyl (C=O) groups is 1. The zero-order valence-corrected chi connectivity index (χ0v) is 18.3. The van der Waals surface area contributed by atoms with E-state index >= 15 is 0 Å². The topological polar surface area (TPSA) is 61.6 Å². The van der Waals surface area contributed by atoms with Crippen LogP contribution in [-0.4, -0.2) is 54.6 Å². The number of oxazole rings is 1. The molecule has 158 valence electrons. The van der Waals surface area contributed by atoms with Gasteiger partial charge in [-0.25, -0.2) is 4.98 Å². The summed E-state index contributed by atoms with van der Waals surface area (Å²) in [6.07, 6.45) is 6.13. The number of nitrogens with zero attached hydrogens (tertiary/aromatic N) is 3. The highest BCUT2D eigenvalue weighted by Crippen LogP contribution is 2.33. The van der Waals surface area contributed by atoms with Gasteiger partial charge < -0.3 is 14.6 Å². The van der Waals surface area contributed by atoms with Crippen LogP contribution in [0.25, 0.3) is 0 Å². The van der Waals surface area contributed by atoms with Crippen LogP contribution in [-0.2, 0) is 0 Å². The highest BCUT2D eigenvalue weighted by atomic mass is 35.5. The summed E-state index contributed by atoms with van der Waals surface area (Å²) in [4.78, 5) is 20.6. The maximum Gasteiger partial charge on any atom is 0.307 e. The lowest BCUT2D eigenvalue weighted by atomic mass is 9.78. The number of hydrogen-bond acceptors (Lipinski definition) is 5. The van der Waals surface area contributed by atoms with Gasteiger partial charge in [0.2, 0.25) is 0 Å². The van der Waals surface area contributed by atoms with E-state index in [1.165, 1.54) is 18.9 Å². The van der Waals surface area contributed by atoms with Crippen LogP contribution in [0.1, 0.15) is 29.9 Å². The second-order valence-corrected chi connectivity index (χ2v) is 8.32. The molecule has 1 amide bonds. The molecule has 0 atom stereocenters. The SMILES string of the molecule is Cl.O=C(NC1CC(CCN2CCN(c3cccc(Cl)c3Cl)CC2)C1)c1ncco1. The average molecular weight is 460 g/mol. The Hall–Kier alpha value is -1.47. The number of aromatic nitrogens is 1. The summed E-state index contributed by atoms with van der Waals surface area (Å²) in [7, 11) is 0. The summed E-state index contributed by atoms with van der Waals surface area (Å²) >= 11 is 12.5. The fraction of sp³-hybridized carbons (Fsp3) is 0.500. The second-order valence-electron chi connectivity index (χ2n) is 7.54. The third-order valence-electron chi connectivity index (χ3n) is 5.70. The molecule has 2 aromatic rings. The Kier molecular flexibility index (Phi) is 7.68. The predicted octanol–water partition coefficient (Wildman–Crippen LogP) is 4.12. The Balaban J connectivity index is 0.00000240. The molecule has 0 radical (unpaired) electrons. The average Bonchev–Trinajstić information content (AvgIpc) is 3.21. The van der Waals surface area contributed by atoms with Gasteiger partial charge in [-0.05, 0) is 43.9 Å². The van der Waals surface area contributed by atoms with Gasteiger partial charge in [-0.2, -0.15) is 0 Å². The number of piperazine rings is 1. The molecule has 0 unspecified atom stereocenters. The van der Waals surface area contributed by atoms with Crippen LogP contribution >= 0.6 is 35.6 Å². The first kappa shape index (κ1) is 22.2. The van der Waals surface area contributed by atoms with Crippen molar-refractivity contribution in [3.8, 4) is 0 Å². The molecule has 2 heterocycles. The van der Waals surface area contributed by atoms with Crippen LogP contribution in [0.5, 0.6) is 0 Å². The van der Waals surface area contributed by atoms with Crippen molar-refractivity contribution >= 4 is 47.2 Å². The van der Waals surface area contributed by atoms with Crippen molar-refractivity contribution in [2.75, 3.05) is 37.6 Å². The molecule has 9 heteroatoms. The summed E-state index contributed by atoms with van der Waals surface area (Å²) < 4.78 is 5.02. The van der Waals surface area contributed by atoms with Gasteiger partial charge in [-0.1, -0.05) is 29.3 Å². The van der Waals surface area contributed by atoms with Crippen LogP contribution in [0, 0.1) is 5.92 Å². The molecule has 1 aliphatic carbocycles. The van der Waals surface area contributed by atoms with Crippen LogP contribution in [0.15, 0.2) is 35.1 Å². The molecule has 1 saturated carbocycles. The van der Waals surface area contributed by atoms with Crippen molar-refractivity contribution in [2.24, 2.45) is 5.92 Å². The first-order valence-electron chi connectivity index (χ1n) is 9.72. The normalized spacial score (nSPS) is 21.9. The molecule has 1 saturated heterocycles. The Morgan fingerprint density at radius 1 is 1.21 bits per heavy atom. The minimum atomic E-state index is -0.218. The molecule has 1 aromatic carbocycles. The van der Waals surface area contributed by atoms with Crippen LogP contribution < -0.4 is 10.2 Å². The fourth-order valence-corrected chi connectivity index (χ4v) is 4.40. The molecule has 6 nitrogen and oxygen atoms in total. The van der Waals surface area contributed by atoms with Gasteiger partial charge in [0.1, 0.15) is 6.26 Å². The van der Waals surface area contributed by atoms with Crippen molar-refractivity contribution in [3.05, 3.63) is 46.6 Å². The Morgan fingerprint density at radius 2 is 1.97 bits per heavy atom. The number of anilines is 1. The van der Waals surface area contributed by atoms with E-state index in [4.69, 9.17) is 27.6 Å². The second kappa shape index (κ2) is 10.0. The largest absolute Gasteiger partial charge is 0.441 e. The van der Waals surface area contributed by atoms with Gasteiger partial charge in [0.15, 0.2) is 0 Å². The Labute approximate surface area is 186 Å². The van der Waals surface area contributed by atoms with Gasteiger partial charge in [0.25, 0.3) is 5.89 Å². The fourth-order valence-electron chi connectivity index (χ4n) is 3.99. The van der Waals surface area contributed by atoms with E-state index < -0.39 is 0 Å². The van der Waals surface area contributed by atoms with Crippen LogP contribution in [0.3, 0.4) is 0 Å². The molecule has 29 heavy (non-hydrogen) atoms. The minimum Gasteiger partial charge on any atom is -0.441 e. The molecular weight excluding hydrogens is 435 g/mol. The lowest BCUT2D eigenvalue weighted by Crippen LogP contribution is -2.48. The first-order valence-corrected chi connectivity index (χ1v) is 10.5. The summed E-state index contributed by atoms with van der Waals surface area (Å²) in [6, 6.07) is 6.05. The molecule has 1 aromatic heterocycles. The lowest BCUT2D eigenvalue weighted by molar-refractivity contribution is 0.0842. The van der Waals surface area contributed by atoms with E-state index in [1.54, 1.807) is 0 Å². The van der Waals surface area contributed by atoms with Gasteiger partial charge >= 0.3 is 5.91 Å². The number of amides is 1. The summed E-state index contributed by atoms with van der Waals surface area (Å²) in [5, 5.41) is 4.23. The zero-order valence-electron chi connectivity index (χ0n) is 16.0. The highest BCUT2D eigenvalue weighted by Gasteiger charge is 2.31. The quantitative estimate of drug-likeness (QED) is 0.704. The van der Waals surface area contributed by atoms with Crippen molar-refractivity contribution in [2.45, 2.75) is 25.3 Å². The molecule has 2 aliphatic rings. The Morgan fingerprint density at radius 3 is 2.66 bits per heavy atom. The van der Waals surface area contributed by atoms with Gasteiger partial charge in [-0.3, -0.25) is 9.69 Å². The van der Waals surface area contributed by atoms with Crippen LogP contribution in [0.4, 0.5) is 5.69 Å². The Bertz CT molecular complexity index is 804. The van der Waals surface area contributed by atoms with Gasteiger partial charge in [-0.15, -0.1) is 12.4 Å². The van der Waals surface area contributed by atoms with Crippen molar-refractivity contribution in [1.29, 1.82) is 0 Å². The summed E-state index contributed by atoms with van der Waals surface area (Å²) in [6.45, 7) is 5.07. The standard InChI is InChI=1S/C20H24Cl2N4O2.ClH/c21-16-2-1-3-17(18(16)22)26-9-7-25(8-10-26)6-4-14-12-15(13-14)24-19(27)20-23-5-11-28-20;/h1-3,5,11,14-15H,4,6-10,12-13H2,(H,24,27);1H. The van der Waals surface area contributed by atoms with E-state index in [0.29, 0.717) is 16.0 Å². The number of halogens is 3. The van der Waals surface area contributed by atoms with Crippen molar-refractivity contribution in [3.63, 3.8) is 0 Å². The van der Waals surface area contributed by atoms with E-state index in [2.05, 4.69) is 20.1 Å². The third-order valence-corrected chi connectivity index (χ3v) is 6.50. The number of rotatable bonds is 6. The monoisotopic (exact) mass is 458 g/mol. The number of nitrogens with one attached hydrogen (secondary N) is 1. The van der Waals surface area contributed by atoms with Gasteiger partial charge in [0, 0.05) is 32.2 Å². The first-order chi connectivity index (χ1) is 13.6. The smallest absolute Gasteiger partial charge is 0.307 e. The van der Waals surface area contributed by atoms with E-state index in [1.807, 2.05) is 18.2 Å². The molecule has 1 aliphatic heterocycles. The van der Waals surface area contributed by atoms with Gasteiger partial charge in [0.05, 0.1) is 21.9 Å². The third kappa shape index (κ3) is 5.37. The molecule has 0 bridgehead atoms. The predicted molar refractivity (Wildman–Crippen MR) is 117 cm³/mol. The van der Waals surface area contributed by atoms with Crippen molar-refractivity contribution in [1.82, 2.24) is 15.2 Å². The molecular formula is C20H25Cl3N4O2. The molecule has 1 N–H and O–H groups in total. The summed E-state index contributed by atoms with van der Waals surface area (Å²) in [5.74, 6) is 0.598. The van der Waals surface area contributed by atoms with E-state index in [9.17, 15) is 4.79 Å². The van der Waals surface area contributed by atoms with E-state index in [0.717, 1.165) is 51.3 Å². The highest BCUT2D eigenvalue weighted by molar-refractivity contribution is 6.43. The number of hydrogen-bond donors (Lipinski definition) is 1. The maximum absolute atomic E-state index is 11.9. The lowest BCUT2D eigenvalue weighted by Gasteiger charge is -2.39. The van der Waals surface area contributed by atoms with E-state index in [-0.39, 0.29) is 30.2 Å². The molecule has 4 rings (SSSR count). The number of carbonyl (C=O) groups excluding carboxylic acids is 1. The van der Waals surface area contributed by atoms with Crippen molar-refractivity contribution < 1.29 is 9.21 Å². The maximum atomic E-state index is 11.9. The summed E-state index contributed by atoms with van der Waals surface area (Å²) in [5.41, 5.74) is 1.03.